The van der Waals surface area contributed by atoms with E-state index in [1.807, 2.05) is 6.20 Å². The van der Waals surface area contributed by atoms with E-state index >= 15 is 0 Å². The van der Waals surface area contributed by atoms with Crippen molar-refractivity contribution in [1.29, 1.82) is 0 Å². The van der Waals surface area contributed by atoms with Gasteiger partial charge in [-0.05, 0) is 53.8 Å². The molecular weight excluding hydrogens is 315 g/mol. The van der Waals surface area contributed by atoms with E-state index in [0.717, 1.165) is 22.5 Å². The summed E-state index contributed by atoms with van der Waals surface area (Å²) in [6.45, 7) is 1.79. The minimum Gasteiger partial charge on any atom is -0.369 e. The molecule has 4 nitrogen and oxygen atoms in total. The minimum absolute atomic E-state index is 0.687. The SMILES string of the molecule is NCC1CCCC1CNc1ncncc1I. The van der Waals surface area contributed by atoms with Crippen LogP contribution >= 0.6 is 22.6 Å². The van der Waals surface area contributed by atoms with Crippen molar-refractivity contribution >= 4 is 28.4 Å². The summed E-state index contributed by atoms with van der Waals surface area (Å²) < 4.78 is 1.07. The van der Waals surface area contributed by atoms with E-state index in [4.69, 9.17) is 5.73 Å². The molecule has 2 unspecified atom stereocenters. The number of nitrogens with zero attached hydrogens (tertiary/aromatic N) is 2. The molecule has 0 radical (unpaired) electrons. The lowest BCUT2D eigenvalue weighted by Gasteiger charge is -2.18. The molecule has 1 heterocycles. The number of halogens is 1. The molecule has 2 rings (SSSR count). The molecule has 1 aromatic heterocycles. The topological polar surface area (TPSA) is 63.8 Å². The van der Waals surface area contributed by atoms with Crippen LogP contribution < -0.4 is 11.1 Å². The molecule has 1 aliphatic rings. The van der Waals surface area contributed by atoms with Gasteiger partial charge in [0.1, 0.15) is 12.1 Å². The predicted molar refractivity (Wildman–Crippen MR) is 73.1 cm³/mol. The average Bonchev–Trinajstić information content (AvgIpc) is 2.75. The lowest BCUT2D eigenvalue weighted by molar-refractivity contribution is 0.414. The number of rotatable bonds is 4. The third kappa shape index (κ3) is 2.82. The third-order valence-electron chi connectivity index (χ3n) is 3.32. The van der Waals surface area contributed by atoms with Crippen molar-refractivity contribution in [2.45, 2.75) is 19.3 Å². The molecule has 1 aromatic rings. The molecule has 88 valence electrons. The van der Waals surface area contributed by atoms with Gasteiger partial charge in [-0.1, -0.05) is 6.42 Å². The average molecular weight is 332 g/mol. The number of anilines is 1. The van der Waals surface area contributed by atoms with Crippen LogP contribution in [-0.2, 0) is 0 Å². The van der Waals surface area contributed by atoms with E-state index in [9.17, 15) is 0 Å². The Labute approximate surface area is 110 Å². The zero-order chi connectivity index (χ0) is 11.4. The fourth-order valence-electron chi connectivity index (χ4n) is 2.36. The second-order valence-electron chi connectivity index (χ2n) is 4.29. The van der Waals surface area contributed by atoms with Gasteiger partial charge < -0.3 is 11.1 Å². The van der Waals surface area contributed by atoms with Crippen molar-refractivity contribution < 1.29 is 0 Å². The molecule has 3 N–H and O–H groups in total. The van der Waals surface area contributed by atoms with Crippen molar-refractivity contribution in [3.05, 3.63) is 16.1 Å². The smallest absolute Gasteiger partial charge is 0.142 e. The third-order valence-corrected chi connectivity index (χ3v) is 4.11. The maximum atomic E-state index is 5.77. The number of hydrogen-bond donors (Lipinski definition) is 2. The molecular formula is C11H17IN4. The van der Waals surface area contributed by atoms with E-state index in [1.165, 1.54) is 19.3 Å². The van der Waals surface area contributed by atoms with E-state index in [0.29, 0.717) is 11.8 Å². The summed E-state index contributed by atoms with van der Waals surface area (Å²) in [5.41, 5.74) is 5.77. The molecule has 0 aromatic carbocycles. The van der Waals surface area contributed by atoms with Crippen LogP contribution in [0.4, 0.5) is 5.82 Å². The summed E-state index contributed by atoms with van der Waals surface area (Å²) in [6, 6.07) is 0. The van der Waals surface area contributed by atoms with Crippen LogP contribution in [0.3, 0.4) is 0 Å². The van der Waals surface area contributed by atoms with Crippen LogP contribution in [0.5, 0.6) is 0 Å². The Kier molecular flexibility index (Phi) is 4.34. The van der Waals surface area contributed by atoms with Gasteiger partial charge in [0, 0.05) is 12.7 Å². The highest BCUT2D eigenvalue weighted by atomic mass is 127. The molecule has 0 saturated heterocycles. The monoisotopic (exact) mass is 332 g/mol. The molecule has 5 heteroatoms. The maximum absolute atomic E-state index is 5.77. The Morgan fingerprint density at radius 3 is 3.00 bits per heavy atom. The van der Waals surface area contributed by atoms with Crippen molar-refractivity contribution in [2.75, 3.05) is 18.4 Å². The van der Waals surface area contributed by atoms with Gasteiger partial charge in [0.15, 0.2) is 0 Å². The Morgan fingerprint density at radius 2 is 2.25 bits per heavy atom. The zero-order valence-electron chi connectivity index (χ0n) is 9.19. The van der Waals surface area contributed by atoms with E-state index < -0.39 is 0 Å². The van der Waals surface area contributed by atoms with Gasteiger partial charge in [0.05, 0.1) is 3.57 Å². The molecule has 0 amide bonds. The first-order chi connectivity index (χ1) is 7.81. The molecule has 2 atom stereocenters. The molecule has 0 bridgehead atoms. The van der Waals surface area contributed by atoms with Crippen molar-refractivity contribution in [1.82, 2.24) is 9.97 Å². The van der Waals surface area contributed by atoms with Crippen LogP contribution in [0.2, 0.25) is 0 Å². The molecule has 0 spiro atoms. The summed E-state index contributed by atoms with van der Waals surface area (Å²) in [5, 5.41) is 3.40. The van der Waals surface area contributed by atoms with Crippen molar-refractivity contribution in [2.24, 2.45) is 17.6 Å². The number of nitrogens with two attached hydrogens (primary N) is 1. The molecule has 1 aliphatic carbocycles. The maximum Gasteiger partial charge on any atom is 0.142 e. The number of hydrogen-bond acceptors (Lipinski definition) is 4. The fourth-order valence-corrected chi connectivity index (χ4v) is 2.85. The summed E-state index contributed by atoms with van der Waals surface area (Å²) in [5.74, 6) is 2.33. The van der Waals surface area contributed by atoms with Crippen LogP contribution in [0.25, 0.3) is 0 Å². The van der Waals surface area contributed by atoms with Crippen LogP contribution in [0.15, 0.2) is 12.5 Å². The Hall–Kier alpha value is -0.430. The highest BCUT2D eigenvalue weighted by molar-refractivity contribution is 14.1. The Morgan fingerprint density at radius 1 is 1.44 bits per heavy atom. The van der Waals surface area contributed by atoms with Gasteiger partial charge in [0.2, 0.25) is 0 Å². The Balaban J connectivity index is 1.90. The van der Waals surface area contributed by atoms with Gasteiger partial charge in [-0.3, -0.25) is 0 Å². The molecule has 0 aliphatic heterocycles. The second-order valence-corrected chi connectivity index (χ2v) is 5.45. The lowest BCUT2D eigenvalue weighted by atomic mass is 9.96. The summed E-state index contributed by atoms with van der Waals surface area (Å²) in [6.07, 6.45) is 7.29. The highest BCUT2D eigenvalue weighted by Gasteiger charge is 2.25. The lowest BCUT2D eigenvalue weighted by Crippen LogP contribution is -2.24. The Bertz CT molecular complexity index is 345. The first-order valence-electron chi connectivity index (χ1n) is 5.70. The predicted octanol–water partition coefficient (Wildman–Crippen LogP) is 1.87. The summed E-state index contributed by atoms with van der Waals surface area (Å²) >= 11 is 2.25. The largest absolute Gasteiger partial charge is 0.369 e. The normalized spacial score (nSPS) is 24.6. The van der Waals surface area contributed by atoms with Crippen molar-refractivity contribution in [3.8, 4) is 0 Å². The zero-order valence-corrected chi connectivity index (χ0v) is 11.4. The fraction of sp³-hybridized carbons (Fsp3) is 0.636. The minimum atomic E-state index is 0.687. The van der Waals surface area contributed by atoms with Gasteiger partial charge in [0.25, 0.3) is 0 Å². The van der Waals surface area contributed by atoms with Gasteiger partial charge in [-0.15, -0.1) is 0 Å². The van der Waals surface area contributed by atoms with Gasteiger partial charge in [-0.25, -0.2) is 9.97 Å². The van der Waals surface area contributed by atoms with E-state index in [2.05, 4.69) is 37.9 Å². The van der Waals surface area contributed by atoms with Crippen LogP contribution in [-0.4, -0.2) is 23.1 Å². The van der Waals surface area contributed by atoms with E-state index in [1.54, 1.807) is 6.33 Å². The van der Waals surface area contributed by atoms with Crippen LogP contribution in [0, 0.1) is 15.4 Å². The summed E-state index contributed by atoms with van der Waals surface area (Å²) in [4.78, 5) is 8.21. The first kappa shape index (κ1) is 12.0. The first-order valence-corrected chi connectivity index (χ1v) is 6.78. The molecule has 16 heavy (non-hydrogen) atoms. The quantitative estimate of drug-likeness (QED) is 0.827. The van der Waals surface area contributed by atoms with Gasteiger partial charge >= 0.3 is 0 Å². The van der Waals surface area contributed by atoms with Crippen molar-refractivity contribution in [3.63, 3.8) is 0 Å². The highest BCUT2D eigenvalue weighted by Crippen LogP contribution is 2.31. The molecule has 1 fully saturated rings. The molecule has 1 saturated carbocycles. The second kappa shape index (κ2) is 5.77. The summed E-state index contributed by atoms with van der Waals surface area (Å²) in [7, 11) is 0. The number of nitrogens with one attached hydrogen (secondary N) is 1. The van der Waals surface area contributed by atoms with E-state index in [-0.39, 0.29) is 0 Å². The van der Waals surface area contributed by atoms with Gasteiger partial charge in [-0.2, -0.15) is 0 Å². The standard InChI is InChI=1S/C11H17IN4/c12-10-6-14-7-16-11(10)15-5-9-3-1-2-8(9)4-13/h6-9H,1-5,13H2,(H,14,15,16). The van der Waals surface area contributed by atoms with Crippen LogP contribution in [0.1, 0.15) is 19.3 Å². The number of aromatic nitrogens is 2.